The molecule has 0 saturated heterocycles. The zero-order valence-corrected chi connectivity index (χ0v) is 7.82. The summed E-state index contributed by atoms with van der Waals surface area (Å²) in [5.74, 6) is -6.27. The van der Waals surface area contributed by atoms with E-state index in [1.807, 2.05) is 0 Å². The molecule has 16 heavy (non-hydrogen) atoms. The van der Waals surface area contributed by atoms with Gasteiger partial charge in [-0.05, 0) is 6.42 Å². The summed E-state index contributed by atoms with van der Waals surface area (Å²) in [6.07, 6.45) is -12.5. The molecule has 1 N–H and O–H groups in total. The predicted octanol–water partition coefficient (Wildman–Crippen LogP) is 2.94. The number of carboxylic acids is 1. The highest BCUT2D eigenvalue weighted by Gasteiger charge is 2.56. The lowest BCUT2D eigenvalue weighted by Crippen LogP contribution is -2.41. The highest BCUT2D eigenvalue weighted by atomic mass is 19.4. The minimum atomic E-state index is -5.67. The summed E-state index contributed by atoms with van der Waals surface area (Å²) in [4.78, 5) is 10.1. The van der Waals surface area contributed by atoms with Crippen LogP contribution in [0, 0.1) is 0 Å². The number of aliphatic carboxylic acids is 1. The summed E-state index contributed by atoms with van der Waals surface area (Å²) in [5, 5.41) is 8.22. The van der Waals surface area contributed by atoms with Gasteiger partial charge in [0.05, 0.1) is 0 Å². The average Bonchev–Trinajstić information content (AvgIpc) is 2.11. The summed E-state index contributed by atoms with van der Waals surface area (Å²) < 4.78 is 72.4. The van der Waals surface area contributed by atoms with Crippen molar-refractivity contribution in [3.63, 3.8) is 0 Å². The van der Waals surface area contributed by atoms with Gasteiger partial charge in [0.1, 0.15) is 0 Å². The van der Waals surface area contributed by atoms with Crippen molar-refractivity contribution < 1.29 is 36.2 Å². The van der Waals surface area contributed by atoms with E-state index in [2.05, 4.69) is 6.58 Å². The number of rotatable bonds is 5. The van der Waals surface area contributed by atoms with Crippen molar-refractivity contribution in [3.8, 4) is 0 Å². The lowest BCUT2D eigenvalue weighted by atomic mass is 10.0. The maximum Gasteiger partial charge on any atom is 0.425 e. The minimum Gasteiger partial charge on any atom is -0.478 e. The third-order valence-corrected chi connectivity index (χ3v) is 1.72. The van der Waals surface area contributed by atoms with Gasteiger partial charge in [-0.2, -0.15) is 13.2 Å². The molecule has 2 nitrogen and oxygen atoms in total. The van der Waals surface area contributed by atoms with Gasteiger partial charge in [-0.3, -0.25) is 0 Å². The van der Waals surface area contributed by atoms with E-state index in [0.717, 1.165) is 0 Å². The predicted molar refractivity (Wildman–Crippen MR) is 41.9 cm³/mol. The Balaban J connectivity index is 4.47. The van der Waals surface area contributed by atoms with Crippen molar-refractivity contribution in [1.29, 1.82) is 0 Å². The fourth-order valence-corrected chi connectivity index (χ4v) is 0.791. The van der Waals surface area contributed by atoms with Crippen molar-refractivity contribution in [2.45, 2.75) is 31.1 Å². The van der Waals surface area contributed by atoms with E-state index in [9.17, 15) is 31.1 Å². The van der Waals surface area contributed by atoms with Crippen LogP contribution in [0.1, 0.15) is 12.8 Å². The molecule has 1 atom stereocenters. The molecule has 1 unspecified atom stereocenters. The smallest absolute Gasteiger partial charge is 0.425 e. The van der Waals surface area contributed by atoms with Crippen LogP contribution in [-0.2, 0) is 4.79 Å². The number of alkyl halides is 6. The first kappa shape index (κ1) is 14.8. The van der Waals surface area contributed by atoms with Crippen molar-refractivity contribution in [3.05, 3.63) is 12.2 Å². The fourth-order valence-electron chi connectivity index (χ4n) is 0.791. The van der Waals surface area contributed by atoms with Gasteiger partial charge in [-0.1, -0.05) is 6.58 Å². The van der Waals surface area contributed by atoms with Crippen molar-refractivity contribution in [2.24, 2.45) is 0 Å². The van der Waals surface area contributed by atoms with Gasteiger partial charge in [-0.25, -0.2) is 18.0 Å². The maximum absolute atomic E-state index is 12.6. The maximum atomic E-state index is 12.6. The first-order valence-electron chi connectivity index (χ1n) is 3.98. The average molecular weight is 250 g/mol. The quantitative estimate of drug-likeness (QED) is 0.601. The summed E-state index contributed by atoms with van der Waals surface area (Å²) in [5.41, 5.74) is -0.700. The van der Waals surface area contributed by atoms with Crippen LogP contribution in [0.25, 0.3) is 0 Å². The Bertz CT molecular complexity index is 283. The first-order chi connectivity index (χ1) is 6.98. The molecule has 0 aromatic carbocycles. The van der Waals surface area contributed by atoms with Crippen molar-refractivity contribution in [1.82, 2.24) is 0 Å². The van der Waals surface area contributed by atoms with Crippen LogP contribution in [0.5, 0.6) is 0 Å². The largest absolute Gasteiger partial charge is 0.478 e. The minimum absolute atomic E-state index is 0.700. The van der Waals surface area contributed by atoms with E-state index in [1.54, 1.807) is 0 Å². The molecule has 0 saturated carbocycles. The van der Waals surface area contributed by atoms with Crippen LogP contribution in [0.2, 0.25) is 0 Å². The van der Waals surface area contributed by atoms with Gasteiger partial charge < -0.3 is 5.11 Å². The Morgan fingerprint density at radius 2 is 1.69 bits per heavy atom. The van der Waals surface area contributed by atoms with Gasteiger partial charge in [0.15, 0.2) is 0 Å². The zero-order valence-electron chi connectivity index (χ0n) is 7.82. The van der Waals surface area contributed by atoms with E-state index in [0.29, 0.717) is 0 Å². The van der Waals surface area contributed by atoms with Crippen LogP contribution in [0.4, 0.5) is 26.3 Å². The summed E-state index contributed by atoms with van der Waals surface area (Å²) in [6.45, 7) is 2.84. The van der Waals surface area contributed by atoms with E-state index in [1.165, 1.54) is 0 Å². The molecule has 0 aromatic rings. The first-order valence-corrected chi connectivity index (χ1v) is 3.98. The SMILES string of the molecule is C=C(CCC(F)(F)C(F)C(F)(F)F)C(=O)O. The Labute approximate surface area is 86.6 Å². The Hall–Kier alpha value is -1.21. The number of carboxylic acid groups (broad SMARTS) is 1. The molecule has 0 aromatic heterocycles. The number of carbonyl (C=O) groups is 1. The lowest BCUT2D eigenvalue weighted by Gasteiger charge is -2.22. The molecule has 0 heterocycles. The van der Waals surface area contributed by atoms with Gasteiger partial charge in [0, 0.05) is 12.0 Å². The molecule has 0 amide bonds. The Kier molecular flexibility index (Phi) is 4.39. The topological polar surface area (TPSA) is 37.3 Å². The molecule has 94 valence electrons. The van der Waals surface area contributed by atoms with Crippen LogP contribution in [-0.4, -0.2) is 29.3 Å². The summed E-state index contributed by atoms with van der Waals surface area (Å²) in [7, 11) is 0. The molecule has 0 spiro atoms. The van der Waals surface area contributed by atoms with E-state index >= 15 is 0 Å². The van der Waals surface area contributed by atoms with Gasteiger partial charge in [0.2, 0.25) is 0 Å². The Morgan fingerprint density at radius 3 is 2.00 bits per heavy atom. The molecule has 0 aliphatic carbocycles. The van der Waals surface area contributed by atoms with Gasteiger partial charge in [-0.15, -0.1) is 0 Å². The summed E-state index contributed by atoms with van der Waals surface area (Å²) >= 11 is 0. The molecule has 0 fully saturated rings. The fraction of sp³-hybridized carbons (Fsp3) is 0.625. The molecule has 0 radical (unpaired) electrons. The van der Waals surface area contributed by atoms with Crippen LogP contribution < -0.4 is 0 Å². The molecular weight excluding hydrogens is 242 g/mol. The number of halogens is 6. The zero-order chi connectivity index (χ0) is 13.1. The highest BCUT2D eigenvalue weighted by molar-refractivity contribution is 5.85. The van der Waals surface area contributed by atoms with Crippen molar-refractivity contribution >= 4 is 5.97 Å². The third-order valence-electron chi connectivity index (χ3n) is 1.72. The van der Waals surface area contributed by atoms with Crippen LogP contribution >= 0.6 is 0 Å². The normalized spacial score (nSPS) is 14.6. The van der Waals surface area contributed by atoms with Crippen LogP contribution in [0.3, 0.4) is 0 Å². The van der Waals surface area contributed by atoms with Gasteiger partial charge in [0.25, 0.3) is 12.1 Å². The second-order valence-corrected chi connectivity index (χ2v) is 3.07. The second-order valence-electron chi connectivity index (χ2n) is 3.07. The van der Waals surface area contributed by atoms with Crippen molar-refractivity contribution in [2.75, 3.05) is 0 Å². The second kappa shape index (κ2) is 4.75. The lowest BCUT2D eigenvalue weighted by molar-refractivity contribution is -0.245. The molecular formula is C8H8F6O2. The molecule has 0 bridgehead atoms. The number of hydrogen-bond donors (Lipinski definition) is 1. The van der Waals surface area contributed by atoms with E-state index in [4.69, 9.17) is 5.11 Å². The molecule has 0 aliphatic rings. The standard InChI is InChI=1S/C8H8F6O2/c1-4(5(15)16)2-3-7(10,11)6(9)8(12,13)14/h6H,1-3H2,(H,15,16). The van der Waals surface area contributed by atoms with E-state index < -0.39 is 42.7 Å². The molecule has 8 heteroatoms. The molecule has 0 aliphatic heterocycles. The van der Waals surface area contributed by atoms with Gasteiger partial charge >= 0.3 is 12.1 Å². The molecule has 0 rings (SSSR count). The summed E-state index contributed by atoms with van der Waals surface area (Å²) in [6, 6.07) is 0. The van der Waals surface area contributed by atoms with Crippen LogP contribution in [0.15, 0.2) is 12.2 Å². The Morgan fingerprint density at radius 1 is 1.25 bits per heavy atom. The highest BCUT2D eigenvalue weighted by Crippen LogP contribution is 2.38. The van der Waals surface area contributed by atoms with E-state index in [-0.39, 0.29) is 0 Å². The third kappa shape index (κ3) is 4.11. The number of hydrogen-bond acceptors (Lipinski definition) is 1. The monoisotopic (exact) mass is 250 g/mol.